The average molecular weight is 433 g/mol. The van der Waals surface area contributed by atoms with Gasteiger partial charge in [0.15, 0.2) is 0 Å². The molecule has 6 atom stereocenters. The zero-order chi connectivity index (χ0) is 21.1. The molecule has 0 unspecified atom stereocenters. The maximum atomic E-state index is 13.0. The maximum Gasteiger partial charge on any atom is 0.254 e. The summed E-state index contributed by atoms with van der Waals surface area (Å²) in [6, 6.07) is 15.0. The van der Waals surface area contributed by atoms with Crippen LogP contribution in [-0.2, 0) is 16.2 Å². The third-order valence-electron chi connectivity index (χ3n) is 7.17. The Morgan fingerprint density at radius 1 is 1.00 bits per heavy atom. The second-order valence-electron chi connectivity index (χ2n) is 8.84. The molecule has 0 spiro atoms. The van der Waals surface area contributed by atoms with E-state index in [9.17, 15) is 9.59 Å². The number of carbonyl (C=O) groups excluding carboxylic acids is 2. The molecule has 0 radical (unpaired) electrons. The summed E-state index contributed by atoms with van der Waals surface area (Å²) in [4.78, 5) is 26.0. The summed E-state index contributed by atoms with van der Waals surface area (Å²) in [7, 11) is 0. The van der Waals surface area contributed by atoms with Crippen molar-refractivity contribution < 1.29 is 14.3 Å². The van der Waals surface area contributed by atoms with Gasteiger partial charge in [0.05, 0.1) is 18.1 Å². The lowest BCUT2D eigenvalue weighted by atomic mass is 9.63. The van der Waals surface area contributed by atoms with E-state index in [0.29, 0.717) is 29.2 Å². The fourth-order valence-corrected chi connectivity index (χ4v) is 5.83. The minimum atomic E-state index is -0.228. The van der Waals surface area contributed by atoms with Gasteiger partial charge >= 0.3 is 0 Å². The number of amides is 2. The Hall–Kier alpha value is -2.92. The van der Waals surface area contributed by atoms with Gasteiger partial charge in [0.2, 0.25) is 0 Å². The van der Waals surface area contributed by atoms with Gasteiger partial charge in [-0.2, -0.15) is 10.1 Å². The van der Waals surface area contributed by atoms with E-state index >= 15 is 0 Å². The van der Waals surface area contributed by atoms with Crippen LogP contribution in [0.4, 0.5) is 0 Å². The minimum Gasteiger partial charge on any atom is -0.489 e. The zero-order valence-electron chi connectivity index (χ0n) is 16.7. The van der Waals surface area contributed by atoms with Gasteiger partial charge in [0, 0.05) is 10.6 Å². The Morgan fingerprint density at radius 2 is 1.71 bits per heavy atom. The second kappa shape index (κ2) is 7.06. The average Bonchev–Trinajstić information content (AvgIpc) is 3.57. The van der Waals surface area contributed by atoms with Crippen LogP contribution in [0.3, 0.4) is 0 Å². The summed E-state index contributed by atoms with van der Waals surface area (Å²) in [6.45, 7) is 0.352. The monoisotopic (exact) mass is 432 g/mol. The van der Waals surface area contributed by atoms with E-state index in [2.05, 4.69) is 17.3 Å². The third kappa shape index (κ3) is 3.02. The van der Waals surface area contributed by atoms with Crippen molar-refractivity contribution in [3.8, 4) is 5.75 Å². The number of carbonyl (C=O) groups is 2. The summed E-state index contributed by atoms with van der Waals surface area (Å²) in [5.74, 6) is 1.50. The molecule has 2 aromatic rings. The number of halogens is 1. The first kappa shape index (κ1) is 18.8. The summed E-state index contributed by atoms with van der Waals surface area (Å²) in [5.41, 5.74) is 1.66. The van der Waals surface area contributed by atoms with Crippen LogP contribution < -0.4 is 4.74 Å². The van der Waals surface area contributed by atoms with Gasteiger partial charge in [-0.1, -0.05) is 54.1 Å². The molecule has 5 nitrogen and oxygen atoms in total. The van der Waals surface area contributed by atoms with E-state index in [4.69, 9.17) is 16.3 Å². The molecular weight excluding hydrogens is 412 g/mol. The number of hydrazone groups is 1. The molecule has 5 aliphatic rings. The van der Waals surface area contributed by atoms with Crippen LogP contribution in [0.25, 0.3) is 0 Å². The molecule has 2 saturated carbocycles. The van der Waals surface area contributed by atoms with Gasteiger partial charge in [-0.15, -0.1) is 0 Å². The molecule has 2 amide bonds. The van der Waals surface area contributed by atoms with E-state index in [1.54, 1.807) is 6.21 Å². The van der Waals surface area contributed by atoms with Crippen molar-refractivity contribution in [2.24, 2.45) is 40.6 Å². The Labute approximate surface area is 185 Å². The van der Waals surface area contributed by atoms with Crippen molar-refractivity contribution in [1.82, 2.24) is 5.01 Å². The largest absolute Gasteiger partial charge is 0.489 e. The molecule has 0 aromatic heterocycles. The third-order valence-corrected chi connectivity index (χ3v) is 7.54. The first-order valence-corrected chi connectivity index (χ1v) is 11.1. The van der Waals surface area contributed by atoms with Crippen molar-refractivity contribution in [3.05, 3.63) is 76.8 Å². The van der Waals surface area contributed by atoms with Crippen molar-refractivity contribution >= 4 is 29.6 Å². The number of ether oxygens (including phenoxy) is 1. The van der Waals surface area contributed by atoms with Gasteiger partial charge in [0.1, 0.15) is 12.4 Å². The molecule has 4 aliphatic carbocycles. The molecule has 31 heavy (non-hydrogen) atoms. The van der Waals surface area contributed by atoms with Crippen LogP contribution in [0.1, 0.15) is 17.5 Å². The summed E-state index contributed by atoms with van der Waals surface area (Å²) >= 11 is 6.18. The number of benzene rings is 2. The van der Waals surface area contributed by atoms with Crippen molar-refractivity contribution in [3.63, 3.8) is 0 Å². The van der Waals surface area contributed by atoms with Gasteiger partial charge in [-0.3, -0.25) is 9.59 Å². The summed E-state index contributed by atoms with van der Waals surface area (Å²) in [5, 5.41) is 6.06. The fraction of sp³-hybridized carbons (Fsp3) is 0.320. The highest BCUT2D eigenvalue weighted by molar-refractivity contribution is 6.31. The predicted molar refractivity (Wildman–Crippen MR) is 116 cm³/mol. The Kier molecular flexibility index (Phi) is 4.29. The van der Waals surface area contributed by atoms with Crippen LogP contribution >= 0.6 is 11.6 Å². The van der Waals surface area contributed by atoms with E-state index in [1.807, 2.05) is 48.5 Å². The molecule has 1 heterocycles. The summed E-state index contributed by atoms with van der Waals surface area (Å²) in [6.07, 6.45) is 7.04. The van der Waals surface area contributed by atoms with E-state index in [1.165, 1.54) is 0 Å². The standard InChI is InChI=1S/C25H21ClN2O3/c26-21-7-2-1-5-15(21)13-31-16-6-3-4-14(10-16)12-27-28-24(29)22-17-8-9-18(20-11-19(17)20)23(22)25(28)30/h1-10,12,17-20,22-23H,11,13H2/b27-12-/t17-,18-,19-,20+,22+,23+/m0/s1. The van der Waals surface area contributed by atoms with Crippen LogP contribution in [-0.4, -0.2) is 23.0 Å². The van der Waals surface area contributed by atoms with Crippen LogP contribution in [0.15, 0.2) is 65.8 Å². The van der Waals surface area contributed by atoms with Crippen LogP contribution in [0.5, 0.6) is 5.75 Å². The minimum absolute atomic E-state index is 0.151. The highest BCUT2D eigenvalue weighted by Gasteiger charge is 2.67. The number of hydrogen-bond donors (Lipinski definition) is 0. The maximum absolute atomic E-state index is 13.0. The molecule has 1 aliphatic heterocycles. The molecular formula is C25H21ClN2O3. The Balaban J connectivity index is 1.17. The Morgan fingerprint density at radius 3 is 2.42 bits per heavy atom. The van der Waals surface area contributed by atoms with E-state index in [0.717, 1.165) is 22.6 Å². The Bertz CT molecular complexity index is 1110. The fourth-order valence-electron chi connectivity index (χ4n) is 5.64. The van der Waals surface area contributed by atoms with E-state index in [-0.39, 0.29) is 35.5 Å². The predicted octanol–water partition coefficient (Wildman–Crippen LogP) is 4.31. The molecule has 3 fully saturated rings. The zero-order valence-corrected chi connectivity index (χ0v) is 17.5. The molecule has 1 saturated heterocycles. The quantitative estimate of drug-likeness (QED) is 0.402. The van der Waals surface area contributed by atoms with Crippen molar-refractivity contribution in [1.29, 1.82) is 0 Å². The molecule has 2 bridgehead atoms. The molecule has 156 valence electrons. The summed E-state index contributed by atoms with van der Waals surface area (Å²) < 4.78 is 5.86. The number of rotatable bonds is 5. The van der Waals surface area contributed by atoms with Gasteiger partial charge in [-0.05, 0) is 53.9 Å². The topological polar surface area (TPSA) is 59.0 Å². The molecule has 0 N–H and O–H groups in total. The SMILES string of the molecule is O=C1[C@@H]2[C@H]3C=C[C@@H]([C@@H]4C[C@H]34)[C@H]2C(=O)N1/N=C\c1cccc(OCc2ccccc2Cl)c1. The molecule has 6 heteroatoms. The number of allylic oxidation sites excluding steroid dienone is 2. The van der Waals surface area contributed by atoms with Gasteiger partial charge < -0.3 is 4.74 Å². The van der Waals surface area contributed by atoms with Crippen molar-refractivity contribution in [2.75, 3.05) is 0 Å². The van der Waals surface area contributed by atoms with Gasteiger partial charge in [0.25, 0.3) is 11.8 Å². The van der Waals surface area contributed by atoms with E-state index < -0.39 is 0 Å². The second-order valence-corrected chi connectivity index (χ2v) is 9.25. The highest BCUT2D eigenvalue weighted by atomic mass is 35.5. The van der Waals surface area contributed by atoms with Crippen molar-refractivity contribution in [2.45, 2.75) is 13.0 Å². The molecule has 7 rings (SSSR count). The first-order valence-electron chi connectivity index (χ1n) is 10.7. The number of nitrogens with zero attached hydrogens (tertiary/aromatic N) is 2. The smallest absolute Gasteiger partial charge is 0.254 e. The van der Waals surface area contributed by atoms with Crippen LogP contribution in [0, 0.1) is 35.5 Å². The van der Waals surface area contributed by atoms with Gasteiger partial charge in [-0.25, -0.2) is 0 Å². The lowest BCUT2D eigenvalue weighted by Gasteiger charge is -2.37. The lowest BCUT2D eigenvalue weighted by molar-refractivity contribution is -0.140. The highest BCUT2D eigenvalue weighted by Crippen LogP contribution is 2.65. The normalized spacial score (nSPS) is 32.5. The number of hydrogen-bond acceptors (Lipinski definition) is 4. The molecule has 2 aromatic carbocycles. The first-order chi connectivity index (χ1) is 15.1. The lowest BCUT2D eigenvalue weighted by Crippen LogP contribution is -2.40. The number of imide groups is 1. The van der Waals surface area contributed by atoms with Crippen LogP contribution in [0.2, 0.25) is 5.02 Å².